The minimum Gasteiger partial charge on any atom is -0.508 e. The third-order valence-corrected chi connectivity index (χ3v) is 5.41. The van der Waals surface area contributed by atoms with Gasteiger partial charge in [-0.3, -0.25) is 0 Å². The van der Waals surface area contributed by atoms with E-state index in [0.29, 0.717) is 5.56 Å². The van der Waals surface area contributed by atoms with Crippen molar-refractivity contribution < 1.29 is 10.2 Å². The van der Waals surface area contributed by atoms with E-state index in [0.717, 1.165) is 12.8 Å². The lowest BCUT2D eigenvalue weighted by molar-refractivity contribution is 0.435. The number of rotatable bonds is 17. The Kier molecular flexibility index (Phi) is 14.1. The van der Waals surface area contributed by atoms with Crippen LogP contribution in [0.3, 0.4) is 0 Å². The predicted octanol–water partition coefficient (Wildman–Crippen LogP) is 7.90. The molecule has 0 aromatic heterocycles. The summed E-state index contributed by atoms with van der Waals surface area (Å²) in [6.07, 6.45) is 22.6. The standard InChI is InChI=1S/C24H42O2/c1-2-3-4-5-6-7-8-9-10-11-12-13-14-15-16-17-19-22-23(25)20-18-21-24(22)26/h18,20-21,25-26H,2-17,19H2,1H3. The summed E-state index contributed by atoms with van der Waals surface area (Å²) < 4.78 is 0. The zero-order valence-corrected chi connectivity index (χ0v) is 17.1. The molecule has 0 aliphatic carbocycles. The molecule has 0 bridgehead atoms. The van der Waals surface area contributed by atoms with Crippen molar-refractivity contribution in [2.45, 2.75) is 116 Å². The van der Waals surface area contributed by atoms with E-state index in [1.807, 2.05) is 0 Å². The van der Waals surface area contributed by atoms with Crippen LogP contribution in [0.4, 0.5) is 0 Å². The normalized spacial score (nSPS) is 11.1. The summed E-state index contributed by atoms with van der Waals surface area (Å²) in [7, 11) is 0. The summed E-state index contributed by atoms with van der Waals surface area (Å²) >= 11 is 0. The first-order valence-electron chi connectivity index (χ1n) is 11.3. The maximum atomic E-state index is 9.76. The fourth-order valence-electron chi connectivity index (χ4n) is 3.67. The van der Waals surface area contributed by atoms with Gasteiger partial charge in [0.25, 0.3) is 0 Å². The highest BCUT2D eigenvalue weighted by Gasteiger charge is 2.05. The first-order chi connectivity index (χ1) is 12.8. The van der Waals surface area contributed by atoms with Crippen molar-refractivity contribution in [3.63, 3.8) is 0 Å². The largest absolute Gasteiger partial charge is 0.508 e. The van der Waals surface area contributed by atoms with Crippen LogP contribution in [0.1, 0.15) is 115 Å². The second-order valence-corrected chi connectivity index (χ2v) is 7.83. The molecule has 0 aliphatic rings. The van der Waals surface area contributed by atoms with Crippen LogP contribution in [-0.2, 0) is 6.42 Å². The van der Waals surface area contributed by atoms with E-state index in [1.54, 1.807) is 18.2 Å². The Morgan fingerprint density at radius 3 is 1.27 bits per heavy atom. The summed E-state index contributed by atoms with van der Waals surface area (Å²) in [5, 5.41) is 19.5. The monoisotopic (exact) mass is 362 g/mol. The maximum absolute atomic E-state index is 9.76. The lowest BCUT2D eigenvalue weighted by Gasteiger charge is -2.07. The van der Waals surface area contributed by atoms with Crippen LogP contribution in [0.15, 0.2) is 18.2 Å². The maximum Gasteiger partial charge on any atom is 0.122 e. The second-order valence-electron chi connectivity index (χ2n) is 7.83. The van der Waals surface area contributed by atoms with Gasteiger partial charge < -0.3 is 10.2 Å². The number of unbranched alkanes of at least 4 members (excludes halogenated alkanes) is 15. The number of benzene rings is 1. The van der Waals surface area contributed by atoms with Gasteiger partial charge >= 0.3 is 0 Å². The molecule has 1 rings (SSSR count). The Morgan fingerprint density at radius 1 is 0.538 bits per heavy atom. The summed E-state index contributed by atoms with van der Waals surface area (Å²) in [4.78, 5) is 0. The molecule has 2 nitrogen and oxygen atoms in total. The molecular formula is C24H42O2. The molecular weight excluding hydrogens is 320 g/mol. The zero-order chi connectivity index (χ0) is 18.9. The fourth-order valence-corrected chi connectivity index (χ4v) is 3.67. The number of phenols is 2. The van der Waals surface area contributed by atoms with Crippen molar-refractivity contribution in [2.24, 2.45) is 0 Å². The van der Waals surface area contributed by atoms with Crippen LogP contribution in [0.2, 0.25) is 0 Å². The van der Waals surface area contributed by atoms with Gasteiger partial charge in [-0.15, -0.1) is 0 Å². The molecule has 0 heterocycles. The first-order valence-corrected chi connectivity index (χ1v) is 11.3. The van der Waals surface area contributed by atoms with E-state index in [2.05, 4.69) is 6.92 Å². The quantitative estimate of drug-likeness (QED) is 0.276. The van der Waals surface area contributed by atoms with E-state index in [1.165, 1.54) is 96.3 Å². The fraction of sp³-hybridized carbons (Fsp3) is 0.750. The van der Waals surface area contributed by atoms with Gasteiger partial charge in [0.1, 0.15) is 11.5 Å². The molecule has 0 amide bonds. The van der Waals surface area contributed by atoms with Crippen molar-refractivity contribution in [3.8, 4) is 11.5 Å². The Balaban J connectivity index is 1.81. The lowest BCUT2D eigenvalue weighted by atomic mass is 10.0. The third-order valence-electron chi connectivity index (χ3n) is 5.41. The number of aromatic hydroxyl groups is 2. The Morgan fingerprint density at radius 2 is 0.885 bits per heavy atom. The van der Waals surface area contributed by atoms with Crippen molar-refractivity contribution >= 4 is 0 Å². The van der Waals surface area contributed by atoms with Gasteiger partial charge in [-0.1, -0.05) is 109 Å². The molecule has 0 aliphatic heterocycles. The molecule has 0 unspecified atom stereocenters. The molecule has 0 radical (unpaired) electrons. The molecule has 150 valence electrons. The van der Waals surface area contributed by atoms with Crippen LogP contribution in [0.25, 0.3) is 0 Å². The minimum atomic E-state index is 0.228. The summed E-state index contributed by atoms with van der Waals surface area (Å²) in [5.74, 6) is 0.455. The number of hydrogen-bond acceptors (Lipinski definition) is 2. The molecule has 0 saturated carbocycles. The van der Waals surface area contributed by atoms with Gasteiger partial charge in [0, 0.05) is 5.56 Å². The predicted molar refractivity (Wildman–Crippen MR) is 113 cm³/mol. The molecule has 1 aromatic carbocycles. The summed E-state index contributed by atoms with van der Waals surface area (Å²) in [6.45, 7) is 2.28. The van der Waals surface area contributed by atoms with Gasteiger partial charge in [-0.25, -0.2) is 0 Å². The van der Waals surface area contributed by atoms with Crippen LogP contribution >= 0.6 is 0 Å². The second kappa shape index (κ2) is 16.0. The Bertz CT molecular complexity index is 422. The van der Waals surface area contributed by atoms with Gasteiger partial charge in [0.2, 0.25) is 0 Å². The average molecular weight is 363 g/mol. The molecule has 1 aromatic rings. The van der Waals surface area contributed by atoms with E-state index < -0.39 is 0 Å². The molecule has 0 saturated heterocycles. The van der Waals surface area contributed by atoms with Crippen molar-refractivity contribution in [3.05, 3.63) is 23.8 Å². The number of phenolic OH excluding ortho intramolecular Hbond substituents is 2. The lowest BCUT2D eigenvalue weighted by Crippen LogP contribution is -1.88. The van der Waals surface area contributed by atoms with Crippen LogP contribution in [0, 0.1) is 0 Å². The van der Waals surface area contributed by atoms with Crippen molar-refractivity contribution in [2.75, 3.05) is 0 Å². The molecule has 0 spiro atoms. The van der Waals surface area contributed by atoms with Crippen LogP contribution in [0.5, 0.6) is 11.5 Å². The topological polar surface area (TPSA) is 40.5 Å². The van der Waals surface area contributed by atoms with Gasteiger partial charge in [-0.2, -0.15) is 0 Å². The van der Waals surface area contributed by atoms with Gasteiger partial charge in [-0.05, 0) is 25.0 Å². The van der Waals surface area contributed by atoms with Crippen molar-refractivity contribution in [1.29, 1.82) is 0 Å². The molecule has 2 N–H and O–H groups in total. The van der Waals surface area contributed by atoms with Crippen molar-refractivity contribution in [1.82, 2.24) is 0 Å². The summed E-state index contributed by atoms with van der Waals surface area (Å²) in [5.41, 5.74) is 0.706. The molecule has 2 heteroatoms. The Hall–Kier alpha value is -1.18. The first kappa shape index (κ1) is 22.9. The van der Waals surface area contributed by atoms with E-state index in [-0.39, 0.29) is 11.5 Å². The SMILES string of the molecule is CCCCCCCCCCCCCCCCCCc1c(O)cccc1O. The zero-order valence-electron chi connectivity index (χ0n) is 17.1. The number of hydrogen-bond donors (Lipinski definition) is 2. The molecule has 0 fully saturated rings. The van der Waals surface area contributed by atoms with Crippen LogP contribution in [-0.4, -0.2) is 10.2 Å². The highest BCUT2D eigenvalue weighted by atomic mass is 16.3. The minimum absolute atomic E-state index is 0.228. The highest BCUT2D eigenvalue weighted by molar-refractivity contribution is 5.42. The van der Waals surface area contributed by atoms with E-state index in [9.17, 15) is 10.2 Å². The molecule has 0 atom stereocenters. The average Bonchev–Trinajstić information content (AvgIpc) is 2.63. The van der Waals surface area contributed by atoms with Gasteiger partial charge in [0.05, 0.1) is 0 Å². The van der Waals surface area contributed by atoms with E-state index in [4.69, 9.17) is 0 Å². The smallest absolute Gasteiger partial charge is 0.122 e. The summed E-state index contributed by atoms with van der Waals surface area (Å²) in [6, 6.07) is 4.99. The molecule has 26 heavy (non-hydrogen) atoms. The highest BCUT2D eigenvalue weighted by Crippen LogP contribution is 2.28. The van der Waals surface area contributed by atoms with Gasteiger partial charge in [0.15, 0.2) is 0 Å². The van der Waals surface area contributed by atoms with Crippen LogP contribution < -0.4 is 0 Å². The van der Waals surface area contributed by atoms with E-state index >= 15 is 0 Å². The third kappa shape index (κ3) is 11.4. The Labute approximate surface area is 162 Å².